The van der Waals surface area contributed by atoms with Gasteiger partial charge in [-0.15, -0.1) is 0 Å². The normalized spacial score (nSPS) is 12.5. The van der Waals surface area contributed by atoms with E-state index in [0.717, 1.165) is 0 Å². The highest BCUT2D eigenvalue weighted by molar-refractivity contribution is 6.30. The van der Waals surface area contributed by atoms with E-state index in [2.05, 4.69) is 26.5 Å². The Morgan fingerprint density at radius 3 is 2.71 bits per heavy atom. The Kier molecular flexibility index (Phi) is 5.50. The molecule has 170 valence electrons. The average molecular weight is 481 g/mol. The van der Waals surface area contributed by atoms with Gasteiger partial charge >= 0.3 is 0 Å². The summed E-state index contributed by atoms with van der Waals surface area (Å²) in [7, 11) is 0. The Hall–Kier alpha value is -4.18. The lowest BCUT2D eigenvalue weighted by molar-refractivity contribution is -0.126. The van der Waals surface area contributed by atoms with Crippen molar-refractivity contribution in [2.75, 3.05) is 0 Å². The van der Waals surface area contributed by atoms with Gasteiger partial charge in [0.15, 0.2) is 11.6 Å². The first-order valence-corrected chi connectivity index (χ1v) is 10.4. The predicted molar refractivity (Wildman–Crippen MR) is 118 cm³/mol. The Labute approximate surface area is 197 Å². The number of carbonyl (C=O) groups excluding carboxylic acids is 1. The first-order valence-electron chi connectivity index (χ1n) is 10.0. The quantitative estimate of drug-likeness (QED) is 0.392. The molecule has 5 rings (SSSR count). The lowest BCUT2D eigenvalue weighted by Gasteiger charge is -2.16. The largest absolute Gasteiger partial charge is 0.436 e. The van der Waals surface area contributed by atoms with E-state index in [1.54, 1.807) is 21.6 Å². The maximum Gasteiger partial charge on any atom is 0.246 e. The number of carbonyl (C=O) groups is 1. The highest BCUT2D eigenvalue weighted by atomic mass is 35.5. The molecule has 34 heavy (non-hydrogen) atoms. The van der Waals surface area contributed by atoms with Crippen LogP contribution in [0.25, 0.3) is 17.2 Å². The van der Waals surface area contributed by atoms with E-state index < -0.39 is 11.6 Å². The fourth-order valence-corrected chi connectivity index (χ4v) is 3.82. The van der Waals surface area contributed by atoms with Crippen molar-refractivity contribution in [3.63, 3.8) is 0 Å². The van der Waals surface area contributed by atoms with Crippen molar-refractivity contribution in [2.45, 2.75) is 13.1 Å². The summed E-state index contributed by atoms with van der Waals surface area (Å²) in [5, 5.41) is 0.349. The molecule has 0 spiro atoms. The third-order valence-corrected chi connectivity index (χ3v) is 5.43. The van der Waals surface area contributed by atoms with Gasteiger partial charge in [-0.2, -0.15) is 0 Å². The van der Waals surface area contributed by atoms with Crippen LogP contribution < -0.4 is 4.74 Å². The third-order valence-electron chi connectivity index (χ3n) is 5.19. The van der Waals surface area contributed by atoms with Gasteiger partial charge in [-0.3, -0.25) is 9.36 Å². The molecule has 4 heterocycles. The molecule has 0 unspecified atom stereocenters. The molecule has 3 aromatic heterocycles. The summed E-state index contributed by atoms with van der Waals surface area (Å²) in [5.74, 6) is -1.65. The molecule has 0 saturated carbocycles. The van der Waals surface area contributed by atoms with Gasteiger partial charge in [0.05, 0.1) is 30.0 Å². The van der Waals surface area contributed by atoms with Crippen LogP contribution in [-0.4, -0.2) is 35.3 Å². The highest BCUT2D eigenvalue weighted by Crippen LogP contribution is 2.36. The summed E-state index contributed by atoms with van der Waals surface area (Å²) < 4.78 is 36.8. The van der Waals surface area contributed by atoms with E-state index in [0.29, 0.717) is 28.3 Å². The summed E-state index contributed by atoms with van der Waals surface area (Å²) in [6, 6.07) is 6.49. The minimum atomic E-state index is -0.918. The molecule has 1 aromatic carbocycles. The van der Waals surface area contributed by atoms with Crippen LogP contribution in [0.2, 0.25) is 5.02 Å². The van der Waals surface area contributed by atoms with Gasteiger partial charge in [0.1, 0.15) is 23.8 Å². The van der Waals surface area contributed by atoms with Crippen molar-refractivity contribution in [1.29, 1.82) is 0 Å². The molecule has 0 fully saturated rings. The summed E-state index contributed by atoms with van der Waals surface area (Å²) in [6.45, 7) is 3.95. The number of rotatable bonds is 5. The van der Waals surface area contributed by atoms with Crippen molar-refractivity contribution >= 4 is 17.5 Å². The van der Waals surface area contributed by atoms with Crippen molar-refractivity contribution in [3.05, 3.63) is 89.8 Å². The summed E-state index contributed by atoms with van der Waals surface area (Å²) in [5.41, 5.74) is 1.19. The van der Waals surface area contributed by atoms with Gasteiger partial charge in [-0.25, -0.2) is 28.7 Å². The zero-order valence-electron chi connectivity index (χ0n) is 17.5. The molecule has 8 nitrogen and oxygen atoms in total. The topological polar surface area (TPSA) is 86.0 Å². The van der Waals surface area contributed by atoms with E-state index in [1.807, 2.05) is 0 Å². The molecule has 0 aliphatic carbocycles. The number of pyridine rings is 1. The maximum absolute atomic E-state index is 15.0. The van der Waals surface area contributed by atoms with Crippen LogP contribution in [-0.2, 0) is 17.9 Å². The number of fused-ring (bicyclic) bond motifs is 1. The van der Waals surface area contributed by atoms with E-state index in [4.69, 9.17) is 16.3 Å². The number of amides is 1. The number of ether oxygens (including phenoxy) is 1. The monoisotopic (exact) mass is 480 g/mol. The average Bonchev–Trinajstić information content (AvgIpc) is 3.39. The van der Waals surface area contributed by atoms with Crippen LogP contribution in [0.3, 0.4) is 0 Å². The zero-order valence-corrected chi connectivity index (χ0v) is 18.2. The molecular weight excluding hydrogens is 466 g/mol. The second-order valence-corrected chi connectivity index (χ2v) is 7.74. The highest BCUT2D eigenvalue weighted by Gasteiger charge is 2.31. The van der Waals surface area contributed by atoms with Gasteiger partial charge in [0.25, 0.3) is 0 Å². The SMILES string of the molecule is C=CC(=O)N1Cc2nc(-c3cc(Oc4cc(Cl)ccn4)c(F)cc3F)n(-c3ccncn3)c2C1. The predicted octanol–water partition coefficient (Wildman–Crippen LogP) is 4.48. The van der Waals surface area contributed by atoms with Crippen LogP contribution in [0.4, 0.5) is 8.78 Å². The van der Waals surface area contributed by atoms with Crippen LogP contribution in [0, 0.1) is 11.6 Å². The van der Waals surface area contributed by atoms with Crippen LogP contribution in [0.5, 0.6) is 11.6 Å². The first kappa shape index (κ1) is 21.7. The second-order valence-electron chi connectivity index (χ2n) is 7.31. The number of hydrogen-bond acceptors (Lipinski definition) is 6. The molecule has 1 amide bonds. The Morgan fingerprint density at radius 2 is 1.97 bits per heavy atom. The van der Waals surface area contributed by atoms with E-state index in [9.17, 15) is 9.18 Å². The van der Waals surface area contributed by atoms with Crippen molar-refractivity contribution < 1.29 is 18.3 Å². The van der Waals surface area contributed by atoms with E-state index >= 15 is 4.39 Å². The fourth-order valence-electron chi connectivity index (χ4n) is 3.67. The molecule has 1 aliphatic rings. The maximum atomic E-state index is 15.0. The number of halogens is 3. The second kappa shape index (κ2) is 8.64. The standard InChI is InChI=1S/C23H15ClF2N6O2/c1-2-22(33)31-10-17-18(11-31)32(20-4-5-27-12-29-20)23(30-17)14-8-19(16(26)9-15(14)25)34-21-7-13(24)3-6-28-21/h2-9,12H,1,10-11H2. The van der Waals surface area contributed by atoms with Gasteiger partial charge in [-0.05, 0) is 24.3 Å². The number of benzene rings is 1. The zero-order chi connectivity index (χ0) is 23.8. The van der Waals surface area contributed by atoms with Gasteiger partial charge in [0.2, 0.25) is 11.8 Å². The number of imidazole rings is 1. The minimum Gasteiger partial charge on any atom is -0.436 e. The lowest BCUT2D eigenvalue weighted by Crippen LogP contribution is -2.24. The summed E-state index contributed by atoms with van der Waals surface area (Å²) in [4.78, 5) is 30.4. The van der Waals surface area contributed by atoms with Crippen molar-refractivity contribution in [1.82, 2.24) is 29.4 Å². The van der Waals surface area contributed by atoms with E-state index in [-0.39, 0.29) is 42.0 Å². The number of hydrogen-bond donors (Lipinski definition) is 0. The van der Waals surface area contributed by atoms with Crippen LogP contribution in [0.15, 0.2) is 61.7 Å². The lowest BCUT2D eigenvalue weighted by atomic mass is 10.1. The van der Waals surface area contributed by atoms with Crippen LogP contribution in [0.1, 0.15) is 11.4 Å². The third kappa shape index (κ3) is 3.88. The fraction of sp³-hybridized carbons (Fsp3) is 0.0870. The molecule has 0 N–H and O–H groups in total. The molecule has 4 aromatic rings. The summed E-state index contributed by atoms with van der Waals surface area (Å²) >= 11 is 5.95. The number of aromatic nitrogens is 5. The molecular formula is C23H15ClF2N6O2. The molecule has 11 heteroatoms. The van der Waals surface area contributed by atoms with Crippen molar-refractivity contribution in [3.8, 4) is 28.8 Å². The number of nitrogens with zero attached hydrogens (tertiary/aromatic N) is 6. The Morgan fingerprint density at radius 1 is 1.12 bits per heavy atom. The Bertz CT molecular complexity index is 1430. The smallest absolute Gasteiger partial charge is 0.246 e. The molecule has 0 radical (unpaired) electrons. The molecule has 0 bridgehead atoms. The molecule has 1 aliphatic heterocycles. The summed E-state index contributed by atoms with van der Waals surface area (Å²) in [6.07, 6.45) is 5.49. The Balaban J connectivity index is 1.63. The molecule has 0 saturated heterocycles. The first-order chi connectivity index (χ1) is 16.4. The van der Waals surface area contributed by atoms with E-state index in [1.165, 1.54) is 36.9 Å². The van der Waals surface area contributed by atoms with Gasteiger partial charge in [0, 0.05) is 29.5 Å². The molecule has 0 atom stereocenters. The van der Waals surface area contributed by atoms with Gasteiger partial charge in [-0.1, -0.05) is 18.2 Å². The van der Waals surface area contributed by atoms with Gasteiger partial charge < -0.3 is 9.64 Å². The van der Waals surface area contributed by atoms with Crippen LogP contribution >= 0.6 is 11.6 Å². The van der Waals surface area contributed by atoms with Crippen molar-refractivity contribution in [2.24, 2.45) is 0 Å². The minimum absolute atomic E-state index is 0.0203.